The van der Waals surface area contributed by atoms with Gasteiger partial charge in [-0.15, -0.1) is 0 Å². The van der Waals surface area contributed by atoms with E-state index in [1.54, 1.807) is 23.0 Å². The van der Waals surface area contributed by atoms with Gasteiger partial charge in [0, 0.05) is 70.7 Å². The molecule has 4 rings (SSSR count). The third kappa shape index (κ3) is 3.82. The van der Waals surface area contributed by atoms with Crippen molar-refractivity contribution in [2.45, 2.75) is 38.9 Å². The van der Waals surface area contributed by atoms with Crippen LogP contribution >= 0.6 is 0 Å². The van der Waals surface area contributed by atoms with Crippen molar-refractivity contribution in [2.24, 2.45) is 0 Å². The molecule has 1 saturated heterocycles. The standard InChI is InChI=1S/C18H26N6O/c25-18-5-3-6-20-24(18)13-12-21-8-10-22(11-9-21)15-16-14-19-17-4-1-2-7-23(16)17/h3,5-6,14H,1-2,4,7-13,15H2. The minimum atomic E-state index is -0.0216. The Labute approximate surface area is 147 Å². The fourth-order valence-electron chi connectivity index (χ4n) is 3.80. The van der Waals surface area contributed by atoms with Gasteiger partial charge in [-0.05, 0) is 18.9 Å². The maximum absolute atomic E-state index is 11.7. The molecule has 25 heavy (non-hydrogen) atoms. The molecule has 0 unspecified atom stereocenters. The average Bonchev–Trinajstić information content (AvgIpc) is 3.05. The number of rotatable bonds is 5. The highest BCUT2D eigenvalue weighted by Gasteiger charge is 2.20. The van der Waals surface area contributed by atoms with Crippen LogP contribution in [0.4, 0.5) is 0 Å². The van der Waals surface area contributed by atoms with Crippen molar-refractivity contribution in [3.63, 3.8) is 0 Å². The van der Waals surface area contributed by atoms with Gasteiger partial charge in [-0.1, -0.05) is 0 Å². The zero-order chi connectivity index (χ0) is 17.1. The second kappa shape index (κ2) is 7.49. The topological polar surface area (TPSA) is 59.2 Å². The molecule has 2 aliphatic rings. The van der Waals surface area contributed by atoms with Crippen LogP contribution in [0.25, 0.3) is 0 Å². The molecule has 0 atom stereocenters. The van der Waals surface area contributed by atoms with Crippen molar-refractivity contribution in [1.29, 1.82) is 0 Å². The highest BCUT2D eigenvalue weighted by Crippen LogP contribution is 2.18. The maximum atomic E-state index is 11.7. The SMILES string of the molecule is O=c1cccnn1CCN1CCN(Cc2cnc3n2CCCC3)CC1. The number of nitrogens with zero attached hydrogens (tertiary/aromatic N) is 6. The summed E-state index contributed by atoms with van der Waals surface area (Å²) in [6, 6.07) is 3.25. The van der Waals surface area contributed by atoms with Crippen LogP contribution in [0.5, 0.6) is 0 Å². The molecule has 7 nitrogen and oxygen atoms in total. The van der Waals surface area contributed by atoms with E-state index in [9.17, 15) is 4.79 Å². The van der Waals surface area contributed by atoms with Crippen molar-refractivity contribution < 1.29 is 0 Å². The Balaban J connectivity index is 1.26. The molecular formula is C18H26N6O. The van der Waals surface area contributed by atoms with Gasteiger partial charge in [-0.25, -0.2) is 9.67 Å². The van der Waals surface area contributed by atoms with Crippen LogP contribution < -0.4 is 5.56 Å². The van der Waals surface area contributed by atoms with Crippen LogP contribution in [0.1, 0.15) is 24.4 Å². The van der Waals surface area contributed by atoms with Crippen molar-refractivity contribution in [2.75, 3.05) is 32.7 Å². The van der Waals surface area contributed by atoms with Crippen molar-refractivity contribution >= 4 is 0 Å². The minimum Gasteiger partial charge on any atom is -0.331 e. The number of aromatic nitrogens is 4. The van der Waals surface area contributed by atoms with E-state index < -0.39 is 0 Å². The number of hydrogen-bond donors (Lipinski definition) is 0. The summed E-state index contributed by atoms with van der Waals surface area (Å²) in [6.07, 6.45) is 7.41. The Morgan fingerprint density at radius 3 is 2.68 bits per heavy atom. The number of aryl methyl sites for hydroxylation is 1. The van der Waals surface area contributed by atoms with E-state index in [4.69, 9.17) is 0 Å². The van der Waals surface area contributed by atoms with Crippen LogP contribution in [-0.2, 0) is 26.1 Å². The van der Waals surface area contributed by atoms with E-state index in [0.29, 0.717) is 6.54 Å². The highest BCUT2D eigenvalue weighted by atomic mass is 16.1. The molecule has 0 aromatic carbocycles. The zero-order valence-corrected chi connectivity index (χ0v) is 14.7. The van der Waals surface area contributed by atoms with Gasteiger partial charge in [0.1, 0.15) is 5.82 Å². The fourth-order valence-corrected chi connectivity index (χ4v) is 3.80. The summed E-state index contributed by atoms with van der Waals surface area (Å²) in [5.74, 6) is 1.26. The van der Waals surface area contributed by atoms with Gasteiger partial charge in [0.15, 0.2) is 0 Å². The first-order chi connectivity index (χ1) is 12.3. The van der Waals surface area contributed by atoms with Gasteiger partial charge in [0.05, 0.1) is 12.2 Å². The van der Waals surface area contributed by atoms with Crippen LogP contribution in [0.15, 0.2) is 29.3 Å². The second-order valence-electron chi connectivity index (χ2n) is 6.98. The first-order valence-corrected chi connectivity index (χ1v) is 9.30. The summed E-state index contributed by atoms with van der Waals surface area (Å²) in [5, 5.41) is 4.13. The Morgan fingerprint density at radius 2 is 1.84 bits per heavy atom. The van der Waals surface area contributed by atoms with E-state index in [1.165, 1.54) is 24.4 Å². The average molecular weight is 342 g/mol. The van der Waals surface area contributed by atoms with E-state index in [-0.39, 0.29) is 5.56 Å². The van der Waals surface area contributed by atoms with Gasteiger partial charge in [0.2, 0.25) is 0 Å². The van der Waals surface area contributed by atoms with Gasteiger partial charge in [0.25, 0.3) is 5.56 Å². The minimum absolute atomic E-state index is 0.0216. The van der Waals surface area contributed by atoms with E-state index >= 15 is 0 Å². The van der Waals surface area contributed by atoms with Gasteiger partial charge in [-0.3, -0.25) is 14.6 Å². The molecule has 0 spiro atoms. The highest BCUT2D eigenvalue weighted by molar-refractivity contribution is 5.07. The third-order valence-corrected chi connectivity index (χ3v) is 5.32. The van der Waals surface area contributed by atoms with Gasteiger partial charge < -0.3 is 4.57 Å². The zero-order valence-electron chi connectivity index (χ0n) is 14.7. The molecule has 0 bridgehead atoms. The molecule has 2 aromatic heterocycles. The van der Waals surface area contributed by atoms with Crippen molar-refractivity contribution in [3.05, 3.63) is 46.4 Å². The molecule has 1 fully saturated rings. The molecule has 0 saturated carbocycles. The normalized spacial score (nSPS) is 19.0. The summed E-state index contributed by atoms with van der Waals surface area (Å²) < 4.78 is 3.97. The molecule has 0 aliphatic carbocycles. The summed E-state index contributed by atoms with van der Waals surface area (Å²) in [7, 11) is 0. The fraction of sp³-hybridized carbons (Fsp3) is 0.611. The first kappa shape index (κ1) is 16.5. The Hall–Kier alpha value is -1.99. The van der Waals surface area contributed by atoms with Gasteiger partial charge >= 0.3 is 0 Å². The van der Waals surface area contributed by atoms with Crippen LogP contribution in [-0.4, -0.2) is 61.9 Å². The largest absolute Gasteiger partial charge is 0.331 e. The lowest BCUT2D eigenvalue weighted by Gasteiger charge is -2.34. The predicted octanol–water partition coefficient (Wildman–Crippen LogP) is 0.594. The lowest BCUT2D eigenvalue weighted by molar-refractivity contribution is 0.120. The number of hydrogen-bond acceptors (Lipinski definition) is 5. The van der Waals surface area contributed by atoms with Crippen LogP contribution in [0.3, 0.4) is 0 Å². The Bertz CT molecular complexity index is 759. The van der Waals surface area contributed by atoms with E-state index in [1.807, 2.05) is 0 Å². The number of imidazole rings is 1. The number of piperazine rings is 1. The monoisotopic (exact) mass is 342 g/mol. The smallest absolute Gasteiger partial charge is 0.266 e. The molecule has 2 aliphatic heterocycles. The summed E-state index contributed by atoms with van der Waals surface area (Å²) in [5.41, 5.74) is 1.34. The molecule has 0 radical (unpaired) electrons. The molecule has 2 aromatic rings. The molecule has 134 valence electrons. The van der Waals surface area contributed by atoms with E-state index in [2.05, 4.69) is 30.6 Å². The van der Waals surface area contributed by atoms with Crippen LogP contribution in [0, 0.1) is 0 Å². The first-order valence-electron chi connectivity index (χ1n) is 9.30. The predicted molar refractivity (Wildman–Crippen MR) is 95.4 cm³/mol. The summed E-state index contributed by atoms with van der Waals surface area (Å²) in [4.78, 5) is 21.2. The van der Waals surface area contributed by atoms with E-state index in [0.717, 1.165) is 52.2 Å². The third-order valence-electron chi connectivity index (χ3n) is 5.32. The van der Waals surface area contributed by atoms with Gasteiger partial charge in [-0.2, -0.15) is 5.10 Å². The molecule has 7 heteroatoms. The lowest BCUT2D eigenvalue weighted by Crippen LogP contribution is -2.47. The quantitative estimate of drug-likeness (QED) is 0.796. The van der Waals surface area contributed by atoms with Crippen LogP contribution in [0.2, 0.25) is 0 Å². The molecular weight excluding hydrogens is 316 g/mol. The Kier molecular flexibility index (Phi) is 4.94. The summed E-state index contributed by atoms with van der Waals surface area (Å²) in [6.45, 7) is 7.90. The van der Waals surface area contributed by atoms with Crippen molar-refractivity contribution in [1.82, 2.24) is 29.1 Å². The molecule has 0 amide bonds. The molecule has 4 heterocycles. The molecule has 0 N–H and O–H groups in total. The summed E-state index contributed by atoms with van der Waals surface area (Å²) >= 11 is 0. The lowest BCUT2D eigenvalue weighted by atomic mass is 10.1. The second-order valence-corrected chi connectivity index (χ2v) is 6.98. The number of fused-ring (bicyclic) bond motifs is 1. The Morgan fingerprint density at radius 1 is 1.00 bits per heavy atom. The van der Waals surface area contributed by atoms with Crippen molar-refractivity contribution in [3.8, 4) is 0 Å². The maximum Gasteiger partial charge on any atom is 0.266 e.